The van der Waals surface area contributed by atoms with E-state index in [2.05, 4.69) is 45.6 Å². The SMILES string of the molecule is CC(C)C(=O)Nc1nc2c(ncn2C2OC(COP(=S)(NC3C(CO)OC(n4cnc5c(NC(=O)c6ccccc6)ncnc54)C3F)OCCC#N)C(CO)C2O)c(=O)[nH]1. The van der Waals surface area contributed by atoms with Crippen LogP contribution in [0.4, 0.5) is 16.2 Å². The van der Waals surface area contributed by atoms with Crippen molar-refractivity contribution in [2.75, 3.05) is 37.1 Å². The number of amides is 2. The quantitative estimate of drug-likeness (QED) is 0.0538. The monoisotopic (exact) mass is 870 g/mol. The van der Waals surface area contributed by atoms with Gasteiger partial charge in [-0.15, -0.1) is 0 Å². The van der Waals surface area contributed by atoms with Gasteiger partial charge in [0, 0.05) is 17.4 Å². The number of carbonyl (C=O) groups is 2. The summed E-state index contributed by atoms with van der Waals surface area (Å²) in [4.78, 5) is 61.5. The number of carbonyl (C=O) groups excluding carboxylic acids is 2. The molecule has 4 aromatic heterocycles. The van der Waals surface area contributed by atoms with Crippen LogP contribution >= 0.6 is 6.64 Å². The number of aromatic amines is 1. The number of nitrogens with zero attached hydrogens (tertiary/aromatic N) is 8. The number of ether oxygens (including phenoxy) is 2. The Morgan fingerprint density at radius 3 is 2.43 bits per heavy atom. The summed E-state index contributed by atoms with van der Waals surface area (Å²) in [7, 11) is 0. The van der Waals surface area contributed by atoms with E-state index < -0.39 is 98.7 Å². The van der Waals surface area contributed by atoms with Gasteiger partial charge in [-0.05, 0) is 23.9 Å². The number of aliphatic hydroxyl groups excluding tert-OH is 3. The number of nitrogens with one attached hydrogen (secondary N) is 4. The Labute approximate surface area is 344 Å². The highest BCUT2D eigenvalue weighted by molar-refractivity contribution is 8.09. The predicted molar refractivity (Wildman–Crippen MR) is 211 cm³/mol. The lowest BCUT2D eigenvalue weighted by molar-refractivity contribution is -0.118. The van der Waals surface area contributed by atoms with Gasteiger partial charge in [0.05, 0.1) is 63.7 Å². The van der Waals surface area contributed by atoms with Crippen LogP contribution in [0.3, 0.4) is 0 Å². The molecule has 318 valence electrons. The molecule has 0 aliphatic carbocycles. The molecule has 0 spiro atoms. The summed E-state index contributed by atoms with van der Waals surface area (Å²) in [5.41, 5.74) is -0.180. The van der Waals surface area contributed by atoms with E-state index in [9.17, 15) is 35.0 Å². The zero-order chi connectivity index (χ0) is 42.7. The van der Waals surface area contributed by atoms with Gasteiger partial charge in [-0.1, -0.05) is 32.0 Å². The Morgan fingerprint density at radius 2 is 1.73 bits per heavy atom. The van der Waals surface area contributed by atoms with Crippen molar-refractivity contribution in [3.8, 4) is 6.07 Å². The van der Waals surface area contributed by atoms with Gasteiger partial charge >= 0.3 is 0 Å². The summed E-state index contributed by atoms with van der Waals surface area (Å²) in [5, 5.41) is 49.3. The number of aliphatic hydroxyl groups is 3. The van der Waals surface area contributed by atoms with Crippen LogP contribution < -0.4 is 21.3 Å². The van der Waals surface area contributed by atoms with Gasteiger partial charge < -0.3 is 39.2 Å². The first kappa shape index (κ1) is 42.9. The molecule has 5 aromatic rings. The topological polar surface area (TPSA) is 299 Å². The van der Waals surface area contributed by atoms with Crippen LogP contribution in [-0.2, 0) is 35.1 Å². The van der Waals surface area contributed by atoms with Crippen LogP contribution in [0.5, 0.6) is 0 Å². The van der Waals surface area contributed by atoms with Crippen molar-refractivity contribution in [1.29, 1.82) is 5.26 Å². The summed E-state index contributed by atoms with van der Waals surface area (Å²) in [6.07, 6.45) is -4.78. The van der Waals surface area contributed by atoms with Crippen molar-refractivity contribution in [2.45, 2.75) is 63.2 Å². The van der Waals surface area contributed by atoms with Crippen molar-refractivity contribution < 1.29 is 47.8 Å². The lowest BCUT2D eigenvalue weighted by atomic mass is 9.99. The number of halogens is 1. The molecule has 2 aliphatic rings. The highest BCUT2D eigenvalue weighted by atomic mass is 32.5. The highest BCUT2D eigenvalue weighted by Crippen LogP contribution is 2.49. The Kier molecular flexibility index (Phi) is 13.0. The first-order chi connectivity index (χ1) is 28.9. The molecular formula is C35H40FN12O10PS. The molecule has 2 fully saturated rings. The van der Waals surface area contributed by atoms with Crippen molar-refractivity contribution in [2.24, 2.45) is 11.8 Å². The largest absolute Gasteiger partial charge is 0.396 e. The van der Waals surface area contributed by atoms with Crippen LogP contribution in [0.25, 0.3) is 22.3 Å². The van der Waals surface area contributed by atoms with Crippen LogP contribution in [-0.4, -0.2) is 123 Å². The molecule has 7 N–H and O–H groups in total. The zero-order valence-electron chi connectivity index (χ0n) is 31.9. The Balaban J connectivity index is 1.09. The maximum absolute atomic E-state index is 16.6. The number of aromatic nitrogens is 8. The smallest absolute Gasteiger partial charge is 0.280 e. The predicted octanol–water partition coefficient (Wildman–Crippen LogP) is 1.03. The Bertz CT molecular complexity index is 2500. The number of imidazole rings is 2. The molecule has 22 nitrogen and oxygen atoms in total. The van der Waals surface area contributed by atoms with E-state index in [0.717, 1.165) is 0 Å². The molecule has 0 bridgehead atoms. The van der Waals surface area contributed by atoms with Crippen LogP contribution in [0.1, 0.15) is 43.1 Å². The minimum atomic E-state index is -3.81. The molecule has 7 rings (SSSR count). The average Bonchev–Trinajstić information content (AvgIpc) is 4.01. The van der Waals surface area contributed by atoms with Crippen molar-refractivity contribution >= 4 is 64.4 Å². The molecule has 0 saturated carbocycles. The van der Waals surface area contributed by atoms with E-state index in [4.69, 9.17) is 30.3 Å². The lowest BCUT2D eigenvalue weighted by Crippen LogP contribution is -2.43. The summed E-state index contributed by atoms with van der Waals surface area (Å²) < 4.78 is 43.3. The number of hydrogen-bond acceptors (Lipinski definition) is 17. The second-order valence-electron chi connectivity index (χ2n) is 14.0. The molecule has 60 heavy (non-hydrogen) atoms. The van der Waals surface area contributed by atoms with Crippen LogP contribution in [0.2, 0.25) is 0 Å². The first-order valence-corrected chi connectivity index (χ1v) is 21.2. The molecule has 2 aliphatic heterocycles. The molecule has 0 radical (unpaired) electrons. The van der Waals surface area contributed by atoms with Gasteiger partial charge in [0.25, 0.3) is 18.1 Å². The normalized spacial score (nSPS) is 25.1. The maximum atomic E-state index is 16.6. The number of benzene rings is 1. The van der Waals surface area contributed by atoms with Gasteiger partial charge in [-0.3, -0.25) is 33.8 Å². The fourth-order valence-corrected chi connectivity index (χ4v) is 9.01. The fourth-order valence-electron chi connectivity index (χ4n) is 6.67. The van der Waals surface area contributed by atoms with Crippen LogP contribution in [0, 0.1) is 23.2 Å². The first-order valence-electron chi connectivity index (χ1n) is 18.6. The molecule has 9 unspecified atom stereocenters. The molecular weight excluding hydrogens is 830 g/mol. The second kappa shape index (κ2) is 18.2. The van der Waals surface area contributed by atoms with Gasteiger partial charge in [0.1, 0.15) is 18.5 Å². The minimum absolute atomic E-state index is 0.0307. The van der Waals surface area contributed by atoms with E-state index in [-0.39, 0.29) is 47.1 Å². The van der Waals surface area contributed by atoms with E-state index in [1.165, 1.54) is 28.1 Å². The minimum Gasteiger partial charge on any atom is -0.396 e. The summed E-state index contributed by atoms with van der Waals surface area (Å²) in [5.74, 6) is -2.37. The van der Waals surface area contributed by atoms with Gasteiger partial charge in [-0.25, -0.2) is 29.4 Å². The maximum Gasteiger partial charge on any atom is 0.280 e. The molecule has 25 heteroatoms. The molecule has 1 aromatic carbocycles. The number of rotatable bonds is 16. The Morgan fingerprint density at radius 1 is 1.02 bits per heavy atom. The van der Waals surface area contributed by atoms with E-state index in [0.29, 0.717) is 5.56 Å². The molecule has 2 amide bonds. The van der Waals surface area contributed by atoms with Crippen LogP contribution in [0.15, 0.2) is 54.1 Å². The van der Waals surface area contributed by atoms with Gasteiger partial charge in [-0.2, -0.15) is 10.2 Å². The van der Waals surface area contributed by atoms with Crippen molar-refractivity contribution in [1.82, 2.24) is 44.1 Å². The average molecular weight is 871 g/mol. The highest BCUT2D eigenvalue weighted by Gasteiger charge is 2.50. The van der Waals surface area contributed by atoms with Gasteiger partial charge in [0.2, 0.25) is 11.9 Å². The third-order valence-electron chi connectivity index (χ3n) is 9.81. The molecule has 6 heterocycles. The van der Waals surface area contributed by atoms with Crippen molar-refractivity contribution in [3.05, 3.63) is 65.2 Å². The van der Waals surface area contributed by atoms with E-state index in [1.807, 2.05) is 6.07 Å². The second-order valence-corrected chi connectivity index (χ2v) is 17.2. The summed E-state index contributed by atoms with van der Waals surface area (Å²) in [6, 6.07) is 8.99. The van der Waals surface area contributed by atoms with E-state index >= 15 is 4.39 Å². The van der Waals surface area contributed by atoms with Gasteiger partial charge in [0.15, 0.2) is 46.8 Å². The zero-order valence-corrected chi connectivity index (χ0v) is 33.6. The summed E-state index contributed by atoms with van der Waals surface area (Å²) >= 11 is 5.80. The molecule has 2 saturated heterocycles. The number of fused-ring (bicyclic) bond motifs is 2. The number of H-pyrrole nitrogens is 1. The van der Waals surface area contributed by atoms with Crippen molar-refractivity contribution in [3.63, 3.8) is 0 Å². The standard InChI is InChI=1S/C35H40FN12O10PS/c1-17(2)30(52)44-35-43-29-25(32(54)45-35)41-16-48(29)34-26(51)19(11-49)21(58-34)13-56-59(60,55-10-6-9-37)46-23-20(12-50)57-33(22(23)36)47-15-40-24-27(38-14-39-28(24)47)42-31(53)18-7-4-3-5-8-18/h3-5,7-8,14-17,19-23,26,33-34,49-51H,6,10-13H2,1-2H3,(H,46,60)(H,38,39,42,53)(H2,43,44,45,52,54). The van der Waals surface area contributed by atoms with E-state index in [1.54, 1.807) is 44.2 Å². The third-order valence-corrected chi connectivity index (χ3v) is 12.4. The Hall–Kier alpha value is -5.19. The number of hydrogen-bond donors (Lipinski definition) is 7. The lowest BCUT2D eigenvalue weighted by Gasteiger charge is -2.30. The number of anilines is 2. The number of alkyl halides is 1. The number of nitriles is 1. The fraction of sp³-hybridized carbons (Fsp3) is 0.457. The summed E-state index contributed by atoms with van der Waals surface area (Å²) in [6.45, 7) is -2.41. The molecule has 9 atom stereocenters. The third kappa shape index (κ3) is 8.68.